The summed E-state index contributed by atoms with van der Waals surface area (Å²) in [6.45, 7) is 0. The van der Waals surface area contributed by atoms with Crippen LogP contribution in [0.4, 0.5) is 5.69 Å². The van der Waals surface area contributed by atoms with Gasteiger partial charge in [-0.3, -0.25) is 14.6 Å². The van der Waals surface area contributed by atoms with Crippen LogP contribution in [0.25, 0.3) is 11.1 Å². The average Bonchev–Trinajstić information content (AvgIpc) is 2.91. The molecule has 0 bridgehead atoms. The SMILES string of the molecule is NC(=O)c1ccccc1NC(=O)c1cc2ncccc2o1. The molecule has 3 aromatic rings. The molecule has 0 aliphatic heterocycles. The van der Waals surface area contributed by atoms with E-state index in [1.54, 1.807) is 36.5 Å². The number of primary amides is 1. The zero-order chi connectivity index (χ0) is 14.8. The van der Waals surface area contributed by atoms with Gasteiger partial charge in [-0.25, -0.2) is 0 Å². The van der Waals surface area contributed by atoms with Crippen molar-refractivity contribution in [2.75, 3.05) is 5.32 Å². The fourth-order valence-corrected chi connectivity index (χ4v) is 1.97. The molecule has 0 aliphatic carbocycles. The lowest BCUT2D eigenvalue weighted by Gasteiger charge is -2.06. The number of fused-ring (bicyclic) bond motifs is 1. The Morgan fingerprint density at radius 1 is 1.14 bits per heavy atom. The van der Waals surface area contributed by atoms with Crippen molar-refractivity contribution in [1.82, 2.24) is 4.98 Å². The topological polar surface area (TPSA) is 98.2 Å². The summed E-state index contributed by atoms with van der Waals surface area (Å²) in [5.74, 6) is -0.971. The Bertz CT molecular complexity index is 806. The van der Waals surface area contributed by atoms with Crippen LogP contribution in [0.3, 0.4) is 0 Å². The Hall–Kier alpha value is -3.15. The van der Waals surface area contributed by atoms with Crippen molar-refractivity contribution in [1.29, 1.82) is 0 Å². The van der Waals surface area contributed by atoms with Gasteiger partial charge in [0.25, 0.3) is 11.8 Å². The molecule has 2 amide bonds. The van der Waals surface area contributed by atoms with Crippen molar-refractivity contribution >= 4 is 28.6 Å². The van der Waals surface area contributed by atoms with Crippen LogP contribution in [0.1, 0.15) is 20.9 Å². The molecule has 0 aliphatic rings. The largest absolute Gasteiger partial charge is 0.449 e. The van der Waals surface area contributed by atoms with Gasteiger partial charge in [-0.15, -0.1) is 0 Å². The Morgan fingerprint density at radius 3 is 2.71 bits per heavy atom. The number of furan rings is 1. The van der Waals surface area contributed by atoms with Gasteiger partial charge in [-0.2, -0.15) is 0 Å². The highest BCUT2D eigenvalue weighted by atomic mass is 16.3. The molecule has 21 heavy (non-hydrogen) atoms. The van der Waals surface area contributed by atoms with E-state index >= 15 is 0 Å². The standard InChI is InChI=1S/C15H11N3O3/c16-14(19)9-4-1-2-5-10(9)18-15(20)13-8-11-12(21-13)6-3-7-17-11/h1-8H,(H2,16,19)(H,18,20). The average molecular weight is 281 g/mol. The third kappa shape index (κ3) is 2.46. The Balaban J connectivity index is 1.91. The third-order valence-corrected chi connectivity index (χ3v) is 2.95. The summed E-state index contributed by atoms with van der Waals surface area (Å²) in [6.07, 6.45) is 1.61. The van der Waals surface area contributed by atoms with Crippen molar-refractivity contribution in [3.63, 3.8) is 0 Å². The molecule has 0 spiro atoms. The van der Waals surface area contributed by atoms with E-state index in [9.17, 15) is 9.59 Å². The number of amides is 2. The minimum Gasteiger partial charge on any atom is -0.449 e. The molecule has 0 saturated carbocycles. The summed E-state index contributed by atoms with van der Waals surface area (Å²) < 4.78 is 5.41. The second-order valence-electron chi connectivity index (χ2n) is 4.36. The van der Waals surface area contributed by atoms with Gasteiger partial charge in [-0.1, -0.05) is 12.1 Å². The zero-order valence-corrected chi connectivity index (χ0v) is 10.9. The normalized spacial score (nSPS) is 10.5. The van der Waals surface area contributed by atoms with Crippen molar-refractivity contribution in [2.24, 2.45) is 5.73 Å². The van der Waals surface area contributed by atoms with E-state index in [1.165, 1.54) is 12.1 Å². The third-order valence-electron chi connectivity index (χ3n) is 2.95. The first-order chi connectivity index (χ1) is 10.1. The summed E-state index contributed by atoms with van der Waals surface area (Å²) >= 11 is 0. The molecule has 1 aromatic carbocycles. The molecule has 3 N–H and O–H groups in total. The molecular formula is C15H11N3O3. The van der Waals surface area contributed by atoms with Gasteiger partial charge in [0.05, 0.1) is 11.3 Å². The number of rotatable bonds is 3. The molecule has 0 unspecified atom stereocenters. The number of nitrogens with zero attached hydrogens (tertiary/aromatic N) is 1. The van der Waals surface area contributed by atoms with Gasteiger partial charge in [-0.05, 0) is 24.3 Å². The molecule has 6 nitrogen and oxygen atoms in total. The van der Waals surface area contributed by atoms with Crippen LogP contribution < -0.4 is 11.1 Å². The maximum absolute atomic E-state index is 12.2. The van der Waals surface area contributed by atoms with Crippen LogP contribution in [0.2, 0.25) is 0 Å². The predicted octanol–water partition coefficient (Wildman–Crippen LogP) is 2.18. The number of pyridine rings is 1. The van der Waals surface area contributed by atoms with Gasteiger partial charge in [0.1, 0.15) is 5.52 Å². The number of hydrogen-bond donors (Lipinski definition) is 2. The molecule has 2 aromatic heterocycles. The number of hydrogen-bond acceptors (Lipinski definition) is 4. The van der Waals surface area contributed by atoms with Gasteiger partial charge in [0, 0.05) is 12.3 Å². The number of anilines is 1. The monoisotopic (exact) mass is 281 g/mol. The number of nitrogens with two attached hydrogens (primary N) is 1. The fourth-order valence-electron chi connectivity index (χ4n) is 1.97. The Kier molecular flexibility index (Phi) is 3.12. The number of nitrogens with one attached hydrogen (secondary N) is 1. The van der Waals surface area contributed by atoms with E-state index in [0.29, 0.717) is 16.8 Å². The first-order valence-electron chi connectivity index (χ1n) is 6.20. The van der Waals surface area contributed by atoms with Gasteiger partial charge in [0.2, 0.25) is 0 Å². The second kappa shape index (κ2) is 5.09. The van der Waals surface area contributed by atoms with Gasteiger partial charge in [0.15, 0.2) is 11.3 Å². The minimum atomic E-state index is -0.614. The summed E-state index contributed by atoms with van der Waals surface area (Å²) in [6, 6.07) is 11.5. The molecule has 104 valence electrons. The lowest BCUT2D eigenvalue weighted by atomic mass is 10.1. The van der Waals surface area contributed by atoms with E-state index < -0.39 is 11.8 Å². The van der Waals surface area contributed by atoms with E-state index in [4.69, 9.17) is 10.2 Å². The van der Waals surface area contributed by atoms with Gasteiger partial charge < -0.3 is 15.5 Å². The van der Waals surface area contributed by atoms with E-state index in [2.05, 4.69) is 10.3 Å². The predicted molar refractivity (Wildman–Crippen MR) is 76.9 cm³/mol. The zero-order valence-electron chi connectivity index (χ0n) is 10.9. The molecule has 0 saturated heterocycles. The van der Waals surface area contributed by atoms with Crippen LogP contribution in [0, 0.1) is 0 Å². The molecule has 2 heterocycles. The van der Waals surface area contributed by atoms with Crippen LogP contribution in [-0.4, -0.2) is 16.8 Å². The van der Waals surface area contributed by atoms with E-state index in [0.717, 1.165) is 0 Å². The van der Waals surface area contributed by atoms with E-state index in [1.807, 2.05) is 0 Å². The summed E-state index contributed by atoms with van der Waals surface area (Å²) in [5, 5.41) is 2.61. The van der Waals surface area contributed by atoms with Crippen molar-refractivity contribution in [2.45, 2.75) is 0 Å². The van der Waals surface area contributed by atoms with E-state index in [-0.39, 0.29) is 11.3 Å². The number of carbonyl (C=O) groups excluding carboxylic acids is 2. The minimum absolute atomic E-state index is 0.114. The Morgan fingerprint density at radius 2 is 1.95 bits per heavy atom. The lowest BCUT2D eigenvalue weighted by molar-refractivity contribution is 0.0998. The maximum atomic E-state index is 12.2. The number of benzene rings is 1. The Labute approximate surface area is 119 Å². The number of para-hydroxylation sites is 1. The molecule has 6 heteroatoms. The number of carbonyl (C=O) groups is 2. The quantitative estimate of drug-likeness (QED) is 0.768. The van der Waals surface area contributed by atoms with Crippen LogP contribution in [0.5, 0.6) is 0 Å². The van der Waals surface area contributed by atoms with Crippen molar-refractivity contribution in [3.05, 3.63) is 60.0 Å². The van der Waals surface area contributed by atoms with Crippen LogP contribution in [-0.2, 0) is 0 Å². The highest BCUT2D eigenvalue weighted by molar-refractivity contribution is 6.08. The summed E-state index contributed by atoms with van der Waals surface area (Å²) in [5.41, 5.74) is 6.95. The highest BCUT2D eigenvalue weighted by Gasteiger charge is 2.15. The highest BCUT2D eigenvalue weighted by Crippen LogP contribution is 2.19. The summed E-state index contributed by atoms with van der Waals surface area (Å²) in [4.78, 5) is 27.6. The van der Waals surface area contributed by atoms with Crippen LogP contribution >= 0.6 is 0 Å². The first kappa shape index (κ1) is 12.9. The molecular weight excluding hydrogens is 270 g/mol. The summed E-state index contributed by atoms with van der Waals surface area (Å²) in [7, 11) is 0. The maximum Gasteiger partial charge on any atom is 0.291 e. The lowest BCUT2D eigenvalue weighted by Crippen LogP contribution is -2.17. The number of aromatic nitrogens is 1. The first-order valence-corrected chi connectivity index (χ1v) is 6.20. The molecule has 0 fully saturated rings. The van der Waals surface area contributed by atoms with Crippen molar-refractivity contribution < 1.29 is 14.0 Å². The smallest absolute Gasteiger partial charge is 0.291 e. The van der Waals surface area contributed by atoms with Gasteiger partial charge >= 0.3 is 0 Å². The molecule has 0 radical (unpaired) electrons. The second-order valence-corrected chi connectivity index (χ2v) is 4.36. The fraction of sp³-hybridized carbons (Fsp3) is 0. The molecule has 0 atom stereocenters. The molecule has 3 rings (SSSR count). The van der Waals surface area contributed by atoms with Crippen molar-refractivity contribution in [3.8, 4) is 0 Å². The van der Waals surface area contributed by atoms with Crippen LogP contribution in [0.15, 0.2) is 53.1 Å².